The third-order valence-electron chi connectivity index (χ3n) is 1.53. The maximum absolute atomic E-state index is 11.1. The fourth-order valence-corrected chi connectivity index (χ4v) is 1.36. The summed E-state index contributed by atoms with van der Waals surface area (Å²) in [5, 5.41) is 5.95. The van der Waals surface area contributed by atoms with E-state index >= 15 is 0 Å². The highest BCUT2D eigenvalue weighted by Gasteiger charge is 2.02. The molecule has 1 N–H and O–H groups in total. The van der Waals surface area contributed by atoms with Gasteiger partial charge in [0.2, 0.25) is 5.91 Å². The molecule has 1 aromatic heterocycles. The largest absolute Gasteiger partial charge is 0.348 e. The number of nitrogens with one attached hydrogen (secondary N) is 1. The van der Waals surface area contributed by atoms with Crippen LogP contribution in [0.1, 0.15) is 5.01 Å². The minimum absolute atomic E-state index is 0.0801. The molecule has 0 saturated heterocycles. The van der Waals surface area contributed by atoms with Crippen LogP contribution >= 0.6 is 11.3 Å². The Morgan fingerprint density at radius 1 is 1.69 bits per heavy atom. The third-order valence-corrected chi connectivity index (χ3v) is 2.31. The molecule has 4 nitrogen and oxygen atoms in total. The first-order valence-electron chi connectivity index (χ1n) is 3.99. The molecule has 0 aliphatic heterocycles. The average Bonchev–Trinajstić information content (AvgIpc) is 2.56. The van der Waals surface area contributed by atoms with Crippen LogP contribution in [-0.2, 0) is 11.3 Å². The van der Waals surface area contributed by atoms with Crippen LogP contribution in [0.5, 0.6) is 0 Å². The molecule has 0 atom stereocenters. The van der Waals surface area contributed by atoms with Crippen LogP contribution in [0.15, 0.2) is 11.6 Å². The fourth-order valence-electron chi connectivity index (χ4n) is 0.775. The molecule has 1 amide bonds. The van der Waals surface area contributed by atoms with Gasteiger partial charge in [-0.15, -0.1) is 11.3 Å². The summed E-state index contributed by atoms with van der Waals surface area (Å²) in [6, 6.07) is 0. The van der Waals surface area contributed by atoms with Crippen molar-refractivity contribution in [3.05, 3.63) is 16.6 Å². The monoisotopic (exact) mass is 199 g/mol. The Labute approximate surface area is 81.6 Å². The van der Waals surface area contributed by atoms with E-state index in [1.807, 2.05) is 5.38 Å². The molecule has 1 aromatic rings. The molecule has 1 heterocycles. The molecule has 0 fully saturated rings. The van der Waals surface area contributed by atoms with Crippen molar-refractivity contribution in [2.24, 2.45) is 0 Å². The number of likely N-dealkylation sites (N-methyl/N-ethyl adjacent to an activating group) is 1. The first-order valence-corrected chi connectivity index (χ1v) is 4.87. The lowest BCUT2D eigenvalue weighted by atomic mass is 10.5. The predicted octanol–water partition coefficient (Wildman–Crippen LogP) is 0.321. The Hall–Kier alpha value is -0.940. The highest BCUT2D eigenvalue weighted by atomic mass is 32.1. The number of hydrogen-bond acceptors (Lipinski definition) is 4. The molecule has 0 aliphatic carbocycles. The van der Waals surface area contributed by atoms with Crippen LogP contribution in [-0.4, -0.2) is 36.4 Å². The van der Waals surface area contributed by atoms with Crippen molar-refractivity contribution < 1.29 is 4.79 Å². The second kappa shape index (κ2) is 4.94. The van der Waals surface area contributed by atoms with Gasteiger partial charge in [0.15, 0.2) is 0 Å². The van der Waals surface area contributed by atoms with Crippen molar-refractivity contribution in [1.82, 2.24) is 15.2 Å². The molecule has 0 saturated carbocycles. The number of rotatable bonds is 4. The van der Waals surface area contributed by atoms with E-state index in [0.717, 1.165) is 5.01 Å². The molecule has 5 heteroatoms. The molecule has 0 radical (unpaired) electrons. The second-order valence-corrected chi connectivity index (χ2v) is 3.80. The molecular formula is C8H13N3OS. The Kier molecular flexibility index (Phi) is 3.85. The Bertz CT molecular complexity index is 258. The summed E-state index contributed by atoms with van der Waals surface area (Å²) in [7, 11) is 3.49. The lowest BCUT2D eigenvalue weighted by Gasteiger charge is -2.09. The van der Waals surface area contributed by atoms with Gasteiger partial charge in [0, 0.05) is 32.2 Å². The SMILES string of the molecule is CN(C)C(=O)CNCc1nccs1. The van der Waals surface area contributed by atoms with Gasteiger partial charge in [-0.1, -0.05) is 0 Å². The van der Waals surface area contributed by atoms with Gasteiger partial charge in [-0.3, -0.25) is 4.79 Å². The Morgan fingerprint density at radius 3 is 3.00 bits per heavy atom. The van der Waals surface area contributed by atoms with Crippen LogP contribution in [0.2, 0.25) is 0 Å². The molecule has 0 bridgehead atoms. The maximum atomic E-state index is 11.1. The van der Waals surface area contributed by atoms with E-state index in [-0.39, 0.29) is 5.91 Å². The standard InChI is InChI=1S/C8H13N3OS/c1-11(2)8(12)6-9-5-7-10-3-4-13-7/h3-4,9H,5-6H2,1-2H3. The molecule has 1 rings (SSSR count). The van der Waals surface area contributed by atoms with Crippen molar-refractivity contribution in [2.75, 3.05) is 20.6 Å². The molecule has 0 aliphatic rings. The summed E-state index contributed by atoms with van der Waals surface area (Å²) in [5.41, 5.74) is 0. The van der Waals surface area contributed by atoms with Gasteiger partial charge in [0.25, 0.3) is 0 Å². The van der Waals surface area contributed by atoms with Gasteiger partial charge < -0.3 is 10.2 Å². The molecule has 0 spiro atoms. The lowest BCUT2D eigenvalue weighted by Crippen LogP contribution is -2.32. The number of nitrogens with zero attached hydrogens (tertiary/aromatic N) is 2. The zero-order valence-corrected chi connectivity index (χ0v) is 8.60. The van der Waals surface area contributed by atoms with Gasteiger partial charge in [-0.2, -0.15) is 0 Å². The topological polar surface area (TPSA) is 45.2 Å². The molecule has 0 aromatic carbocycles. The fraction of sp³-hybridized carbons (Fsp3) is 0.500. The summed E-state index contributed by atoms with van der Waals surface area (Å²) in [5.74, 6) is 0.0801. The second-order valence-electron chi connectivity index (χ2n) is 2.82. The molecular weight excluding hydrogens is 186 g/mol. The number of amides is 1. The van der Waals surface area contributed by atoms with Crippen LogP contribution in [0, 0.1) is 0 Å². The van der Waals surface area contributed by atoms with Crippen molar-refractivity contribution in [2.45, 2.75) is 6.54 Å². The first-order chi connectivity index (χ1) is 6.20. The quantitative estimate of drug-likeness (QED) is 0.759. The minimum atomic E-state index is 0.0801. The van der Waals surface area contributed by atoms with Gasteiger partial charge in [-0.05, 0) is 0 Å². The van der Waals surface area contributed by atoms with Gasteiger partial charge in [-0.25, -0.2) is 4.98 Å². The smallest absolute Gasteiger partial charge is 0.236 e. The maximum Gasteiger partial charge on any atom is 0.236 e. The molecule has 72 valence electrons. The summed E-state index contributed by atoms with van der Waals surface area (Å²) in [6.07, 6.45) is 1.76. The highest BCUT2D eigenvalue weighted by molar-refractivity contribution is 7.09. The minimum Gasteiger partial charge on any atom is -0.348 e. The van der Waals surface area contributed by atoms with E-state index in [1.54, 1.807) is 36.5 Å². The number of hydrogen-bond donors (Lipinski definition) is 1. The van der Waals surface area contributed by atoms with E-state index in [4.69, 9.17) is 0 Å². The van der Waals surface area contributed by atoms with Crippen molar-refractivity contribution in [1.29, 1.82) is 0 Å². The predicted molar refractivity (Wildman–Crippen MR) is 52.5 cm³/mol. The summed E-state index contributed by atoms with van der Waals surface area (Å²) >= 11 is 1.58. The van der Waals surface area contributed by atoms with Crippen LogP contribution in [0.3, 0.4) is 0 Å². The van der Waals surface area contributed by atoms with Crippen molar-refractivity contribution >= 4 is 17.2 Å². The van der Waals surface area contributed by atoms with Gasteiger partial charge >= 0.3 is 0 Å². The van der Waals surface area contributed by atoms with Crippen LogP contribution in [0.4, 0.5) is 0 Å². The number of aromatic nitrogens is 1. The molecule has 0 unspecified atom stereocenters. The normalized spacial score (nSPS) is 10.0. The van der Waals surface area contributed by atoms with Gasteiger partial charge in [0.1, 0.15) is 5.01 Å². The average molecular weight is 199 g/mol. The van der Waals surface area contributed by atoms with E-state index in [2.05, 4.69) is 10.3 Å². The van der Waals surface area contributed by atoms with E-state index in [0.29, 0.717) is 13.1 Å². The van der Waals surface area contributed by atoms with Crippen molar-refractivity contribution in [3.63, 3.8) is 0 Å². The van der Waals surface area contributed by atoms with E-state index < -0.39 is 0 Å². The van der Waals surface area contributed by atoms with Gasteiger partial charge in [0.05, 0.1) is 6.54 Å². The Morgan fingerprint density at radius 2 is 2.46 bits per heavy atom. The number of carbonyl (C=O) groups is 1. The third kappa shape index (κ3) is 3.52. The van der Waals surface area contributed by atoms with E-state index in [1.165, 1.54) is 0 Å². The first kappa shape index (κ1) is 10.1. The summed E-state index contributed by atoms with van der Waals surface area (Å²) in [6.45, 7) is 1.03. The zero-order chi connectivity index (χ0) is 9.68. The van der Waals surface area contributed by atoms with Crippen LogP contribution in [0.25, 0.3) is 0 Å². The lowest BCUT2D eigenvalue weighted by molar-refractivity contribution is -0.127. The van der Waals surface area contributed by atoms with Crippen molar-refractivity contribution in [3.8, 4) is 0 Å². The number of thiazole rings is 1. The summed E-state index contributed by atoms with van der Waals surface area (Å²) in [4.78, 5) is 16.8. The summed E-state index contributed by atoms with van der Waals surface area (Å²) < 4.78 is 0. The zero-order valence-electron chi connectivity index (χ0n) is 7.78. The Balaban J connectivity index is 2.18. The van der Waals surface area contributed by atoms with Crippen LogP contribution < -0.4 is 5.32 Å². The van der Waals surface area contributed by atoms with E-state index in [9.17, 15) is 4.79 Å². The molecule has 13 heavy (non-hydrogen) atoms. The highest BCUT2D eigenvalue weighted by Crippen LogP contribution is 2.01. The number of carbonyl (C=O) groups excluding carboxylic acids is 1.